The largest absolute Gasteiger partial charge is 0.446 e. The summed E-state index contributed by atoms with van der Waals surface area (Å²) in [4.78, 5) is 11.9. The Hall–Kier alpha value is -2.90. The molecule has 7 nitrogen and oxygen atoms in total. The van der Waals surface area contributed by atoms with Crippen LogP contribution in [-0.2, 0) is 0 Å². The minimum Gasteiger partial charge on any atom is -0.295 e. The van der Waals surface area contributed by atoms with Crippen LogP contribution >= 0.6 is 0 Å². The van der Waals surface area contributed by atoms with Crippen LogP contribution in [0.3, 0.4) is 0 Å². The summed E-state index contributed by atoms with van der Waals surface area (Å²) in [6, 6.07) is 15.2. The molecule has 0 saturated carbocycles. The third kappa shape index (κ3) is 2.42. The van der Waals surface area contributed by atoms with Crippen molar-refractivity contribution in [1.29, 1.82) is 0 Å². The number of aromatic nitrogens is 2. The molecule has 0 spiro atoms. The highest BCUT2D eigenvalue weighted by Crippen LogP contribution is 2.21. The lowest BCUT2D eigenvalue weighted by Gasteiger charge is -2.10. The predicted molar refractivity (Wildman–Crippen MR) is 73.6 cm³/mol. The van der Waals surface area contributed by atoms with Gasteiger partial charge in [-0.3, -0.25) is 14.9 Å². The zero-order valence-electron chi connectivity index (χ0n) is 10.7. The molecule has 0 atom stereocenters. The van der Waals surface area contributed by atoms with Gasteiger partial charge in [0.15, 0.2) is 5.82 Å². The zero-order valence-corrected chi connectivity index (χ0v) is 10.7. The molecule has 21 heavy (non-hydrogen) atoms. The lowest BCUT2D eigenvalue weighted by atomic mass is 10.2. The van der Waals surface area contributed by atoms with Crippen LogP contribution in [0, 0.1) is 0 Å². The first-order valence-corrected chi connectivity index (χ1v) is 6.09. The predicted octanol–water partition coefficient (Wildman–Crippen LogP) is 2.08. The maximum atomic E-state index is 11.9. The van der Waals surface area contributed by atoms with Crippen molar-refractivity contribution in [2.75, 3.05) is 5.23 Å². The average Bonchev–Trinajstić information content (AvgIpc) is 2.90. The minimum atomic E-state index is -0.659. The Kier molecular flexibility index (Phi) is 3.27. The van der Waals surface area contributed by atoms with Gasteiger partial charge in [-0.1, -0.05) is 41.6 Å². The molecule has 0 aliphatic carbocycles. The Morgan fingerprint density at radius 1 is 1.05 bits per heavy atom. The first kappa shape index (κ1) is 13.1. The molecule has 0 unspecified atom stereocenters. The standard InChI is InChI=1S/C14H11N3O4/c18-14-16(11-7-4-8-12(9-11)17(19)20)13(15-21-14)10-5-2-1-3-6-10/h1-9,19-20H. The molecule has 2 aromatic carbocycles. The van der Waals surface area contributed by atoms with E-state index in [9.17, 15) is 4.79 Å². The second-order valence-corrected chi connectivity index (χ2v) is 4.28. The van der Waals surface area contributed by atoms with E-state index in [1.807, 2.05) is 18.2 Å². The molecule has 0 amide bonds. The van der Waals surface area contributed by atoms with Gasteiger partial charge in [-0.2, -0.15) is 0 Å². The number of hydrogen-bond acceptors (Lipinski definition) is 6. The Balaban J connectivity index is 2.18. The van der Waals surface area contributed by atoms with Gasteiger partial charge >= 0.3 is 5.76 Å². The first-order chi connectivity index (χ1) is 10.2. The highest BCUT2D eigenvalue weighted by atomic mass is 16.8. The highest BCUT2D eigenvalue weighted by Gasteiger charge is 2.15. The van der Waals surface area contributed by atoms with E-state index in [1.54, 1.807) is 24.3 Å². The van der Waals surface area contributed by atoms with E-state index in [1.165, 1.54) is 16.7 Å². The summed E-state index contributed by atoms with van der Waals surface area (Å²) < 4.78 is 5.98. The van der Waals surface area contributed by atoms with Gasteiger partial charge in [-0.05, 0) is 18.2 Å². The smallest absolute Gasteiger partial charge is 0.295 e. The van der Waals surface area contributed by atoms with Crippen molar-refractivity contribution in [3.05, 3.63) is 65.1 Å². The Bertz CT molecular complexity index is 808. The minimum absolute atomic E-state index is 0.0236. The number of rotatable bonds is 3. The molecule has 1 aromatic heterocycles. The van der Waals surface area contributed by atoms with Gasteiger partial charge in [-0.25, -0.2) is 9.36 Å². The molecular weight excluding hydrogens is 274 g/mol. The van der Waals surface area contributed by atoms with Gasteiger partial charge in [0.2, 0.25) is 0 Å². The molecule has 0 fully saturated rings. The quantitative estimate of drug-likeness (QED) is 0.716. The van der Waals surface area contributed by atoms with Crippen LogP contribution < -0.4 is 11.0 Å². The number of anilines is 1. The summed E-state index contributed by atoms with van der Waals surface area (Å²) >= 11 is 0. The third-order valence-corrected chi connectivity index (χ3v) is 2.96. The molecule has 3 rings (SSSR count). The van der Waals surface area contributed by atoms with Crippen LogP contribution in [0.2, 0.25) is 0 Å². The normalized spacial score (nSPS) is 10.6. The average molecular weight is 285 g/mol. The van der Waals surface area contributed by atoms with E-state index >= 15 is 0 Å². The molecule has 0 radical (unpaired) electrons. The summed E-state index contributed by atoms with van der Waals surface area (Å²) in [5, 5.41) is 21.9. The molecular formula is C14H11N3O4. The lowest BCUT2D eigenvalue weighted by molar-refractivity contribution is 0.0291. The van der Waals surface area contributed by atoms with Crippen molar-refractivity contribution in [2.24, 2.45) is 0 Å². The van der Waals surface area contributed by atoms with Crippen LogP contribution in [0.1, 0.15) is 0 Å². The topological polar surface area (TPSA) is 91.7 Å². The molecule has 2 N–H and O–H groups in total. The van der Waals surface area contributed by atoms with E-state index < -0.39 is 5.76 Å². The fourth-order valence-electron chi connectivity index (χ4n) is 2.00. The molecule has 7 heteroatoms. The van der Waals surface area contributed by atoms with E-state index in [0.717, 1.165) is 0 Å². The van der Waals surface area contributed by atoms with Crippen LogP contribution in [0.5, 0.6) is 0 Å². The maximum Gasteiger partial charge on any atom is 0.446 e. The second-order valence-electron chi connectivity index (χ2n) is 4.28. The van der Waals surface area contributed by atoms with E-state index in [2.05, 4.69) is 5.16 Å². The van der Waals surface area contributed by atoms with E-state index in [4.69, 9.17) is 14.9 Å². The molecule has 1 heterocycles. The van der Waals surface area contributed by atoms with Crippen molar-refractivity contribution >= 4 is 5.69 Å². The fraction of sp³-hybridized carbons (Fsp3) is 0. The van der Waals surface area contributed by atoms with Crippen molar-refractivity contribution in [1.82, 2.24) is 9.72 Å². The summed E-state index contributed by atoms with van der Waals surface area (Å²) in [6.07, 6.45) is 0. The summed E-state index contributed by atoms with van der Waals surface area (Å²) in [5.74, 6) is -0.325. The van der Waals surface area contributed by atoms with Crippen molar-refractivity contribution in [2.45, 2.75) is 0 Å². The molecule has 106 valence electrons. The van der Waals surface area contributed by atoms with Gasteiger partial charge in [0.25, 0.3) is 0 Å². The number of benzene rings is 2. The van der Waals surface area contributed by atoms with E-state index in [0.29, 0.717) is 17.1 Å². The molecule has 0 aliphatic rings. The zero-order chi connectivity index (χ0) is 14.8. The van der Waals surface area contributed by atoms with Gasteiger partial charge < -0.3 is 0 Å². The van der Waals surface area contributed by atoms with Gasteiger partial charge in [0, 0.05) is 5.56 Å². The second kappa shape index (κ2) is 5.23. The SMILES string of the molecule is O=c1onc(-c2ccccc2)n1-c1cccc(N(O)O)c1. The third-order valence-electron chi connectivity index (χ3n) is 2.96. The summed E-state index contributed by atoms with van der Waals surface area (Å²) in [7, 11) is 0. The molecule has 0 aliphatic heterocycles. The van der Waals surface area contributed by atoms with Crippen molar-refractivity contribution in [3.8, 4) is 17.1 Å². The van der Waals surface area contributed by atoms with Crippen LogP contribution in [0.25, 0.3) is 17.1 Å². The lowest BCUT2D eigenvalue weighted by Crippen LogP contribution is -2.15. The number of nitrogens with zero attached hydrogens (tertiary/aromatic N) is 3. The number of hydrogen-bond donors (Lipinski definition) is 2. The van der Waals surface area contributed by atoms with Crippen molar-refractivity contribution < 1.29 is 14.9 Å². The van der Waals surface area contributed by atoms with E-state index in [-0.39, 0.29) is 10.9 Å². The molecule has 0 bridgehead atoms. The Morgan fingerprint density at radius 2 is 1.81 bits per heavy atom. The van der Waals surface area contributed by atoms with Crippen LogP contribution in [0.15, 0.2) is 63.9 Å². The molecule has 0 saturated heterocycles. The summed E-state index contributed by atoms with van der Waals surface area (Å²) in [6.45, 7) is 0. The molecule has 3 aromatic rings. The van der Waals surface area contributed by atoms with Crippen LogP contribution in [0.4, 0.5) is 5.69 Å². The maximum absolute atomic E-state index is 11.9. The van der Waals surface area contributed by atoms with Gasteiger partial charge in [0.1, 0.15) is 0 Å². The first-order valence-electron chi connectivity index (χ1n) is 6.09. The highest BCUT2D eigenvalue weighted by molar-refractivity contribution is 5.59. The Morgan fingerprint density at radius 3 is 2.52 bits per heavy atom. The van der Waals surface area contributed by atoms with Gasteiger partial charge in [0.05, 0.1) is 11.4 Å². The summed E-state index contributed by atoms with van der Waals surface area (Å²) in [5.41, 5.74) is 1.23. The fourth-order valence-corrected chi connectivity index (χ4v) is 2.00. The van der Waals surface area contributed by atoms with Crippen molar-refractivity contribution in [3.63, 3.8) is 0 Å². The monoisotopic (exact) mass is 285 g/mol. The van der Waals surface area contributed by atoms with Crippen LogP contribution in [-0.4, -0.2) is 20.1 Å². The Labute approximate surface area is 118 Å². The van der Waals surface area contributed by atoms with Gasteiger partial charge in [-0.15, -0.1) is 5.23 Å².